The number of ether oxygens (including phenoxy) is 1. The van der Waals surface area contributed by atoms with Crippen molar-refractivity contribution in [1.29, 1.82) is 0 Å². The van der Waals surface area contributed by atoms with E-state index < -0.39 is 11.8 Å². The summed E-state index contributed by atoms with van der Waals surface area (Å²) in [5.74, 6) is -1.17. The van der Waals surface area contributed by atoms with Gasteiger partial charge in [-0.25, -0.2) is 14.2 Å². The van der Waals surface area contributed by atoms with Gasteiger partial charge in [0.2, 0.25) is 5.82 Å². The van der Waals surface area contributed by atoms with Gasteiger partial charge in [0.05, 0.1) is 12.2 Å². The molecule has 1 aromatic heterocycles. The minimum absolute atomic E-state index is 0.0582. The molecule has 0 spiro atoms. The van der Waals surface area contributed by atoms with Gasteiger partial charge in [0.25, 0.3) is 0 Å². The van der Waals surface area contributed by atoms with E-state index in [4.69, 9.17) is 10.5 Å². The number of carbonyl (C=O) groups is 1. The third-order valence-electron chi connectivity index (χ3n) is 2.19. The molecule has 7 heteroatoms. The van der Waals surface area contributed by atoms with Gasteiger partial charge in [-0.3, -0.25) is 5.10 Å². The summed E-state index contributed by atoms with van der Waals surface area (Å²) in [5.41, 5.74) is 6.06. The molecule has 0 aliphatic rings. The average Bonchev–Trinajstić information content (AvgIpc) is 2.82. The zero-order valence-corrected chi connectivity index (χ0v) is 9.61. The molecule has 3 N–H and O–H groups in total. The van der Waals surface area contributed by atoms with Crippen LogP contribution in [0.25, 0.3) is 11.4 Å². The van der Waals surface area contributed by atoms with Gasteiger partial charge >= 0.3 is 5.97 Å². The fourth-order valence-corrected chi connectivity index (χ4v) is 1.39. The monoisotopic (exact) mass is 250 g/mol. The molecule has 2 aromatic rings. The molecule has 0 radical (unpaired) electrons. The first-order chi connectivity index (χ1) is 8.61. The summed E-state index contributed by atoms with van der Waals surface area (Å²) in [7, 11) is 0. The van der Waals surface area contributed by atoms with Crippen molar-refractivity contribution in [3.63, 3.8) is 0 Å². The Kier molecular flexibility index (Phi) is 3.22. The van der Waals surface area contributed by atoms with E-state index in [1.807, 2.05) is 0 Å². The molecule has 0 saturated heterocycles. The van der Waals surface area contributed by atoms with Crippen LogP contribution < -0.4 is 5.73 Å². The van der Waals surface area contributed by atoms with E-state index in [1.54, 1.807) is 6.92 Å². The standard InChI is InChI=1S/C11H11FN4O2/c1-2-18-11(17)10-14-9(15-16-10)7-5-6(13)3-4-8(7)12/h3-5H,2,13H2,1H3,(H,14,15,16). The Labute approximate surface area is 102 Å². The minimum atomic E-state index is -0.638. The van der Waals surface area contributed by atoms with E-state index in [0.29, 0.717) is 5.69 Å². The molecular weight excluding hydrogens is 239 g/mol. The maximum Gasteiger partial charge on any atom is 0.375 e. The van der Waals surface area contributed by atoms with Crippen LogP contribution in [0.3, 0.4) is 0 Å². The Morgan fingerprint density at radius 2 is 2.33 bits per heavy atom. The molecule has 94 valence electrons. The second-order valence-electron chi connectivity index (χ2n) is 3.47. The van der Waals surface area contributed by atoms with Crippen molar-refractivity contribution in [2.24, 2.45) is 0 Å². The normalized spacial score (nSPS) is 10.3. The zero-order valence-electron chi connectivity index (χ0n) is 9.61. The molecule has 6 nitrogen and oxygen atoms in total. The molecule has 0 saturated carbocycles. The van der Waals surface area contributed by atoms with Crippen molar-refractivity contribution in [2.75, 3.05) is 12.3 Å². The predicted octanol–water partition coefficient (Wildman–Crippen LogP) is 1.37. The van der Waals surface area contributed by atoms with E-state index in [2.05, 4.69) is 15.2 Å². The van der Waals surface area contributed by atoms with E-state index in [-0.39, 0.29) is 23.8 Å². The van der Waals surface area contributed by atoms with Crippen molar-refractivity contribution < 1.29 is 13.9 Å². The zero-order chi connectivity index (χ0) is 13.1. The highest BCUT2D eigenvalue weighted by Gasteiger charge is 2.16. The number of rotatable bonds is 3. The van der Waals surface area contributed by atoms with E-state index in [0.717, 1.165) is 0 Å². The van der Waals surface area contributed by atoms with Gasteiger partial charge in [-0.05, 0) is 25.1 Å². The smallest absolute Gasteiger partial charge is 0.375 e. The number of nitrogen functional groups attached to an aromatic ring is 1. The first-order valence-electron chi connectivity index (χ1n) is 5.26. The van der Waals surface area contributed by atoms with Crippen LogP contribution in [0, 0.1) is 5.82 Å². The quantitative estimate of drug-likeness (QED) is 0.633. The van der Waals surface area contributed by atoms with Crippen molar-refractivity contribution >= 4 is 11.7 Å². The van der Waals surface area contributed by atoms with E-state index in [9.17, 15) is 9.18 Å². The van der Waals surface area contributed by atoms with E-state index >= 15 is 0 Å². The molecule has 0 unspecified atom stereocenters. The average molecular weight is 250 g/mol. The summed E-state index contributed by atoms with van der Waals surface area (Å²) in [5, 5.41) is 6.15. The second-order valence-corrected chi connectivity index (χ2v) is 3.47. The Morgan fingerprint density at radius 1 is 1.56 bits per heavy atom. The lowest BCUT2D eigenvalue weighted by Crippen LogP contribution is -2.06. The number of halogens is 1. The lowest BCUT2D eigenvalue weighted by atomic mass is 10.2. The highest BCUT2D eigenvalue weighted by Crippen LogP contribution is 2.21. The highest BCUT2D eigenvalue weighted by atomic mass is 19.1. The van der Waals surface area contributed by atoms with Gasteiger partial charge < -0.3 is 10.5 Å². The topological polar surface area (TPSA) is 93.9 Å². The van der Waals surface area contributed by atoms with E-state index in [1.165, 1.54) is 18.2 Å². The molecule has 18 heavy (non-hydrogen) atoms. The number of aromatic nitrogens is 3. The predicted molar refractivity (Wildman–Crippen MR) is 62.1 cm³/mol. The number of nitrogens with two attached hydrogens (primary N) is 1. The molecule has 1 aromatic carbocycles. The van der Waals surface area contributed by atoms with Gasteiger partial charge in [0.1, 0.15) is 5.82 Å². The number of aromatic amines is 1. The lowest BCUT2D eigenvalue weighted by Gasteiger charge is -1.99. The number of esters is 1. The van der Waals surface area contributed by atoms with Crippen LogP contribution in [0.1, 0.15) is 17.5 Å². The van der Waals surface area contributed by atoms with Gasteiger partial charge in [-0.1, -0.05) is 0 Å². The fraction of sp³-hybridized carbons (Fsp3) is 0.182. The number of benzene rings is 1. The summed E-state index contributed by atoms with van der Waals surface area (Å²) in [6.45, 7) is 1.90. The maximum atomic E-state index is 13.5. The molecule has 0 bridgehead atoms. The molecule has 1 heterocycles. The largest absolute Gasteiger partial charge is 0.460 e. The summed E-state index contributed by atoms with van der Waals surface area (Å²) in [6.07, 6.45) is 0. The number of hydrogen-bond donors (Lipinski definition) is 2. The van der Waals surface area contributed by atoms with Crippen molar-refractivity contribution in [2.45, 2.75) is 6.92 Å². The molecular formula is C11H11FN4O2. The third kappa shape index (κ3) is 2.29. The maximum absolute atomic E-state index is 13.5. The minimum Gasteiger partial charge on any atom is -0.460 e. The Hall–Kier alpha value is -2.44. The number of hydrogen-bond acceptors (Lipinski definition) is 5. The Balaban J connectivity index is 2.35. The van der Waals surface area contributed by atoms with Gasteiger partial charge in [-0.15, -0.1) is 0 Å². The molecule has 0 aliphatic carbocycles. The SMILES string of the molecule is CCOC(=O)c1nc(-c2cc(N)ccc2F)n[nH]1. The fourth-order valence-electron chi connectivity index (χ4n) is 1.39. The third-order valence-corrected chi connectivity index (χ3v) is 2.19. The van der Waals surface area contributed by atoms with Crippen molar-refractivity contribution in [3.8, 4) is 11.4 Å². The number of carbonyl (C=O) groups excluding carboxylic acids is 1. The van der Waals surface area contributed by atoms with Gasteiger partial charge in [0.15, 0.2) is 5.82 Å². The Morgan fingerprint density at radius 3 is 3.06 bits per heavy atom. The molecule has 0 atom stereocenters. The molecule has 0 fully saturated rings. The summed E-state index contributed by atoms with van der Waals surface area (Å²) in [6, 6.07) is 4.04. The van der Waals surface area contributed by atoms with Crippen LogP contribution in [-0.4, -0.2) is 27.8 Å². The summed E-state index contributed by atoms with van der Waals surface area (Å²) < 4.78 is 18.3. The molecule has 0 amide bonds. The van der Waals surface area contributed by atoms with Gasteiger partial charge in [-0.2, -0.15) is 5.10 Å². The van der Waals surface area contributed by atoms with Crippen LogP contribution in [0.15, 0.2) is 18.2 Å². The summed E-state index contributed by atoms with van der Waals surface area (Å²) >= 11 is 0. The first-order valence-corrected chi connectivity index (χ1v) is 5.26. The van der Waals surface area contributed by atoms with Gasteiger partial charge in [0, 0.05) is 5.69 Å². The van der Waals surface area contributed by atoms with Crippen LogP contribution >= 0.6 is 0 Å². The molecule has 2 rings (SSSR count). The highest BCUT2D eigenvalue weighted by molar-refractivity contribution is 5.85. The second kappa shape index (κ2) is 4.82. The molecule has 0 aliphatic heterocycles. The number of H-pyrrole nitrogens is 1. The number of nitrogens with zero attached hydrogens (tertiary/aromatic N) is 2. The van der Waals surface area contributed by atoms with Crippen LogP contribution in [0.4, 0.5) is 10.1 Å². The van der Waals surface area contributed by atoms with Crippen LogP contribution in [-0.2, 0) is 4.74 Å². The number of anilines is 1. The number of nitrogens with one attached hydrogen (secondary N) is 1. The van der Waals surface area contributed by atoms with Crippen LogP contribution in [0.2, 0.25) is 0 Å². The van der Waals surface area contributed by atoms with Crippen LogP contribution in [0.5, 0.6) is 0 Å². The van der Waals surface area contributed by atoms with Crippen molar-refractivity contribution in [3.05, 3.63) is 29.8 Å². The Bertz CT molecular complexity index is 582. The first kappa shape index (κ1) is 12.0. The lowest BCUT2D eigenvalue weighted by molar-refractivity contribution is 0.0512. The van der Waals surface area contributed by atoms with Crippen molar-refractivity contribution in [1.82, 2.24) is 15.2 Å². The summed E-state index contributed by atoms with van der Waals surface area (Å²) in [4.78, 5) is 15.2.